The largest absolute Gasteiger partial charge is 0.491 e. The van der Waals surface area contributed by atoms with Crippen molar-refractivity contribution in [2.24, 2.45) is 17.6 Å². The van der Waals surface area contributed by atoms with Gasteiger partial charge >= 0.3 is 0 Å². The van der Waals surface area contributed by atoms with Crippen LogP contribution in [0.25, 0.3) is 0 Å². The number of hydrogen-bond donors (Lipinski definition) is 1. The van der Waals surface area contributed by atoms with Gasteiger partial charge in [0.25, 0.3) is 0 Å². The molecule has 0 spiro atoms. The summed E-state index contributed by atoms with van der Waals surface area (Å²) in [5.41, 5.74) is 7.32. The number of rotatable bonds is 5. The van der Waals surface area contributed by atoms with E-state index >= 15 is 0 Å². The van der Waals surface area contributed by atoms with Gasteiger partial charge in [0.05, 0.1) is 6.10 Å². The van der Waals surface area contributed by atoms with E-state index in [1.807, 2.05) is 13.8 Å². The van der Waals surface area contributed by atoms with Crippen LogP contribution in [0.15, 0.2) is 24.3 Å². The monoisotopic (exact) mass is 276 g/mol. The van der Waals surface area contributed by atoms with E-state index < -0.39 is 0 Å². The first kappa shape index (κ1) is 15.3. The molecule has 3 atom stereocenters. The molecule has 2 N–H and O–H groups in total. The summed E-state index contributed by atoms with van der Waals surface area (Å²) in [6.07, 6.45) is 0.214. The van der Waals surface area contributed by atoms with E-state index in [-0.39, 0.29) is 6.10 Å². The maximum absolute atomic E-state index is 6.02. The normalized spacial score (nSPS) is 25.1. The molecule has 1 aromatic rings. The molecule has 1 saturated heterocycles. The zero-order valence-corrected chi connectivity index (χ0v) is 13.2. The van der Waals surface area contributed by atoms with Crippen LogP contribution in [-0.2, 0) is 0 Å². The Morgan fingerprint density at radius 1 is 1.15 bits per heavy atom. The van der Waals surface area contributed by atoms with Gasteiger partial charge in [0.1, 0.15) is 5.75 Å². The molecular formula is C17H28N2O. The highest BCUT2D eigenvalue weighted by molar-refractivity contribution is 5.29. The zero-order valence-electron chi connectivity index (χ0n) is 13.2. The second-order valence-electron chi connectivity index (χ2n) is 6.40. The van der Waals surface area contributed by atoms with Crippen molar-refractivity contribution in [3.05, 3.63) is 29.8 Å². The minimum absolute atomic E-state index is 0.214. The molecule has 0 bridgehead atoms. The Kier molecular flexibility index (Phi) is 5.06. The maximum atomic E-state index is 6.02. The van der Waals surface area contributed by atoms with E-state index in [0.717, 1.165) is 30.7 Å². The highest BCUT2D eigenvalue weighted by atomic mass is 16.5. The minimum atomic E-state index is 0.214. The van der Waals surface area contributed by atoms with Crippen LogP contribution < -0.4 is 10.5 Å². The lowest BCUT2D eigenvalue weighted by molar-refractivity contribution is 0.236. The summed E-state index contributed by atoms with van der Waals surface area (Å²) >= 11 is 0. The van der Waals surface area contributed by atoms with Gasteiger partial charge in [0.15, 0.2) is 0 Å². The number of hydrogen-bond acceptors (Lipinski definition) is 3. The average Bonchev–Trinajstić information content (AvgIpc) is 2.72. The summed E-state index contributed by atoms with van der Waals surface area (Å²) in [4.78, 5) is 2.52. The second-order valence-corrected chi connectivity index (χ2v) is 6.40. The number of benzene rings is 1. The van der Waals surface area contributed by atoms with E-state index in [2.05, 4.69) is 43.0 Å². The molecule has 3 unspecified atom stereocenters. The smallest absolute Gasteiger partial charge is 0.119 e. The molecule has 0 radical (unpaired) electrons. The van der Waals surface area contributed by atoms with Crippen LogP contribution in [0.5, 0.6) is 5.75 Å². The highest BCUT2D eigenvalue weighted by Crippen LogP contribution is 2.31. The molecule has 1 aromatic carbocycles. The third kappa shape index (κ3) is 3.53. The van der Waals surface area contributed by atoms with Crippen LogP contribution in [0.2, 0.25) is 0 Å². The summed E-state index contributed by atoms with van der Waals surface area (Å²) in [5, 5.41) is 0. The van der Waals surface area contributed by atoms with Gasteiger partial charge in [0.2, 0.25) is 0 Å². The maximum Gasteiger partial charge on any atom is 0.119 e. The van der Waals surface area contributed by atoms with E-state index in [1.165, 1.54) is 5.56 Å². The highest BCUT2D eigenvalue weighted by Gasteiger charge is 2.31. The summed E-state index contributed by atoms with van der Waals surface area (Å²) < 4.78 is 5.70. The van der Waals surface area contributed by atoms with Crippen molar-refractivity contribution in [3.8, 4) is 5.75 Å². The lowest BCUT2D eigenvalue weighted by atomic mass is 10.0. The average molecular weight is 276 g/mol. The predicted molar refractivity (Wildman–Crippen MR) is 83.9 cm³/mol. The fraction of sp³-hybridized carbons (Fsp3) is 0.647. The first-order chi connectivity index (χ1) is 9.51. The molecule has 1 aliphatic rings. The summed E-state index contributed by atoms with van der Waals surface area (Å²) in [5.74, 6) is 2.45. The Bertz CT molecular complexity index is 406. The SMILES string of the molecule is CC(C)Oc1ccc(C(CN)N2CC(C)C(C)C2)cc1. The summed E-state index contributed by atoms with van der Waals surface area (Å²) in [6, 6.07) is 8.75. The number of nitrogens with two attached hydrogens (primary N) is 1. The molecule has 1 heterocycles. The van der Waals surface area contributed by atoms with Crippen LogP contribution in [-0.4, -0.2) is 30.6 Å². The molecular weight excluding hydrogens is 248 g/mol. The third-order valence-corrected chi connectivity index (χ3v) is 4.32. The van der Waals surface area contributed by atoms with Crippen LogP contribution in [0.1, 0.15) is 39.3 Å². The number of nitrogens with zero attached hydrogens (tertiary/aromatic N) is 1. The van der Waals surface area contributed by atoms with Gasteiger partial charge in [-0.25, -0.2) is 0 Å². The lowest BCUT2D eigenvalue weighted by Crippen LogP contribution is -2.32. The van der Waals surface area contributed by atoms with E-state index in [1.54, 1.807) is 0 Å². The Balaban J connectivity index is 2.08. The molecule has 20 heavy (non-hydrogen) atoms. The van der Waals surface area contributed by atoms with Gasteiger partial charge in [-0.15, -0.1) is 0 Å². The quantitative estimate of drug-likeness (QED) is 0.898. The van der Waals surface area contributed by atoms with Crippen molar-refractivity contribution in [1.82, 2.24) is 4.90 Å². The predicted octanol–water partition coefficient (Wildman–Crippen LogP) is 3.06. The van der Waals surface area contributed by atoms with Gasteiger partial charge in [-0.2, -0.15) is 0 Å². The molecule has 2 rings (SSSR count). The third-order valence-electron chi connectivity index (χ3n) is 4.32. The Morgan fingerprint density at radius 2 is 1.70 bits per heavy atom. The van der Waals surface area contributed by atoms with Crippen molar-refractivity contribution in [1.29, 1.82) is 0 Å². The number of likely N-dealkylation sites (tertiary alicyclic amines) is 1. The topological polar surface area (TPSA) is 38.5 Å². The molecule has 0 saturated carbocycles. The molecule has 1 fully saturated rings. The van der Waals surface area contributed by atoms with Crippen LogP contribution in [0, 0.1) is 11.8 Å². The molecule has 0 aliphatic carbocycles. The molecule has 0 amide bonds. The van der Waals surface area contributed by atoms with Gasteiger partial charge in [0, 0.05) is 25.7 Å². The van der Waals surface area contributed by atoms with E-state index in [0.29, 0.717) is 12.6 Å². The van der Waals surface area contributed by atoms with Gasteiger partial charge in [-0.1, -0.05) is 26.0 Å². The second kappa shape index (κ2) is 6.59. The molecule has 3 heteroatoms. The molecule has 3 nitrogen and oxygen atoms in total. The summed E-state index contributed by atoms with van der Waals surface area (Å²) in [6.45, 7) is 11.7. The Morgan fingerprint density at radius 3 is 2.15 bits per heavy atom. The Labute approximate surface area is 123 Å². The lowest BCUT2D eigenvalue weighted by Gasteiger charge is -2.27. The standard InChI is InChI=1S/C17H28N2O/c1-12(2)20-16-7-5-15(6-8-16)17(9-18)19-10-13(3)14(4)11-19/h5-8,12-14,17H,9-11,18H2,1-4H3. The molecule has 112 valence electrons. The fourth-order valence-corrected chi connectivity index (χ4v) is 2.97. The van der Waals surface area contributed by atoms with E-state index in [4.69, 9.17) is 10.5 Å². The first-order valence-electron chi connectivity index (χ1n) is 7.72. The molecule has 0 aromatic heterocycles. The Hall–Kier alpha value is -1.06. The summed E-state index contributed by atoms with van der Waals surface area (Å²) in [7, 11) is 0. The van der Waals surface area contributed by atoms with Crippen LogP contribution in [0.3, 0.4) is 0 Å². The minimum Gasteiger partial charge on any atom is -0.491 e. The van der Waals surface area contributed by atoms with Crippen molar-refractivity contribution < 1.29 is 4.74 Å². The van der Waals surface area contributed by atoms with Gasteiger partial charge in [-0.05, 0) is 43.4 Å². The van der Waals surface area contributed by atoms with Crippen LogP contribution in [0.4, 0.5) is 0 Å². The fourth-order valence-electron chi connectivity index (χ4n) is 2.97. The van der Waals surface area contributed by atoms with Crippen molar-refractivity contribution in [2.45, 2.75) is 39.8 Å². The van der Waals surface area contributed by atoms with Crippen molar-refractivity contribution in [2.75, 3.05) is 19.6 Å². The number of ether oxygens (including phenoxy) is 1. The van der Waals surface area contributed by atoms with Gasteiger partial charge < -0.3 is 10.5 Å². The van der Waals surface area contributed by atoms with E-state index in [9.17, 15) is 0 Å². The van der Waals surface area contributed by atoms with Crippen LogP contribution >= 0.6 is 0 Å². The molecule has 1 aliphatic heterocycles. The van der Waals surface area contributed by atoms with Crippen molar-refractivity contribution >= 4 is 0 Å². The first-order valence-corrected chi connectivity index (χ1v) is 7.72. The zero-order chi connectivity index (χ0) is 14.7. The van der Waals surface area contributed by atoms with Gasteiger partial charge in [-0.3, -0.25) is 4.90 Å². The van der Waals surface area contributed by atoms with Crippen molar-refractivity contribution in [3.63, 3.8) is 0 Å².